The number of hydrogen-bond donors (Lipinski definition) is 2. The van der Waals surface area contributed by atoms with Crippen LogP contribution in [0.1, 0.15) is 12.5 Å². The van der Waals surface area contributed by atoms with Gasteiger partial charge in [0.2, 0.25) is 0 Å². The third kappa shape index (κ3) is 4.83. The minimum absolute atomic E-state index is 0.148. The smallest absolute Gasteiger partial charge is 0.292 e. The van der Waals surface area contributed by atoms with E-state index in [1.54, 1.807) is 37.4 Å². The van der Waals surface area contributed by atoms with E-state index < -0.39 is 10.8 Å². The molecule has 8 nitrogen and oxygen atoms in total. The largest absolute Gasteiger partial charge is 0.492 e. The molecule has 0 atom stereocenters. The van der Waals surface area contributed by atoms with Gasteiger partial charge in [0.1, 0.15) is 23.1 Å². The molecule has 0 bridgehead atoms. The van der Waals surface area contributed by atoms with E-state index >= 15 is 0 Å². The summed E-state index contributed by atoms with van der Waals surface area (Å²) in [5.74, 6) is -0.148. The van der Waals surface area contributed by atoms with E-state index in [0.29, 0.717) is 29.3 Å². The Kier molecular flexibility index (Phi) is 6.49. The topological polar surface area (TPSA) is 117 Å². The Bertz CT molecular complexity index is 932. The Morgan fingerprint density at radius 2 is 2.04 bits per heavy atom. The Hall–Kier alpha value is -3.86. The number of nitrogens with one attached hydrogen (secondary N) is 2. The van der Waals surface area contributed by atoms with Gasteiger partial charge in [-0.25, -0.2) is 0 Å². The number of ether oxygens (including phenoxy) is 1. The van der Waals surface area contributed by atoms with Crippen molar-refractivity contribution in [2.75, 3.05) is 24.3 Å². The number of amides is 1. The molecule has 0 heterocycles. The van der Waals surface area contributed by atoms with Crippen LogP contribution in [-0.4, -0.2) is 24.5 Å². The van der Waals surface area contributed by atoms with Crippen LogP contribution < -0.4 is 15.4 Å². The summed E-state index contributed by atoms with van der Waals surface area (Å²) in [6, 6.07) is 13.1. The fourth-order valence-electron chi connectivity index (χ4n) is 2.36. The van der Waals surface area contributed by atoms with E-state index in [0.717, 1.165) is 0 Å². The number of nitriles is 1. The first kappa shape index (κ1) is 19.5. The van der Waals surface area contributed by atoms with E-state index in [9.17, 15) is 20.2 Å². The molecule has 0 radical (unpaired) electrons. The lowest BCUT2D eigenvalue weighted by Gasteiger charge is -2.10. The van der Waals surface area contributed by atoms with Crippen LogP contribution in [0.15, 0.2) is 48.0 Å². The van der Waals surface area contributed by atoms with E-state index in [1.807, 2.05) is 13.0 Å². The third-order valence-electron chi connectivity index (χ3n) is 3.60. The summed E-state index contributed by atoms with van der Waals surface area (Å²) in [5.41, 5.74) is 0.803. The van der Waals surface area contributed by atoms with E-state index in [-0.39, 0.29) is 11.3 Å². The normalized spacial score (nSPS) is 10.6. The van der Waals surface area contributed by atoms with Gasteiger partial charge in [0.05, 0.1) is 17.2 Å². The summed E-state index contributed by atoms with van der Waals surface area (Å²) in [6.07, 6.45) is 1.30. The summed E-state index contributed by atoms with van der Waals surface area (Å²) >= 11 is 0. The standard InChI is InChI=1S/C19H18N4O4/c1-3-27-18-7-5-4-6-16(18)22-19(24)14(12-20)10-13-8-9-15(21-2)17(11-13)23(25)26/h4-11,21H,3H2,1-2H3,(H,22,24)/b14-10+. The molecular formula is C19H18N4O4. The van der Waals surface area contributed by atoms with Gasteiger partial charge >= 0.3 is 0 Å². The minimum Gasteiger partial charge on any atom is -0.492 e. The molecule has 0 unspecified atom stereocenters. The molecule has 2 rings (SSSR count). The highest BCUT2D eigenvalue weighted by Crippen LogP contribution is 2.27. The molecular weight excluding hydrogens is 348 g/mol. The Balaban J connectivity index is 2.31. The van der Waals surface area contributed by atoms with Gasteiger partial charge in [-0.05, 0) is 36.8 Å². The number of nitrogens with zero attached hydrogens (tertiary/aromatic N) is 2. The molecule has 2 aromatic carbocycles. The number of benzene rings is 2. The van der Waals surface area contributed by atoms with Gasteiger partial charge < -0.3 is 15.4 Å². The SMILES string of the molecule is CCOc1ccccc1NC(=O)/C(C#N)=C/c1ccc(NC)c([N+](=O)[O-])c1. The van der Waals surface area contributed by atoms with Crippen molar-refractivity contribution in [1.29, 1.82) is 5.26 Å². The van der Waals surface area contributed by atoms with Crippen LogP contribution in [0.25, 0.3) is 6.08 Å². The summed E-state index contributed by atoms with van der Waals surface area (Å²) in [7, 11) is 1.57. The van der Waals surface area contributed by atoms with E-state index in [1.165, 1.54) is 18.2 Å². The molecule has 27 heavy (non-hydrogen) atoms. The molecule has 0 fully saturated rings. The zero-order valence-corrected chi connectivity index (χ0v) is 14.9. The number of anilines is 2. The van der Waals surface area contributed by atoms with Gasteiger partial charge in [-0.3, -0.25) is 14.9 Å². The average Bonchev–Trinajstić information content (AvgIpc) is 2.67. The molecule has 138 valence electrons. The Labute approximate surface area is 156 Å². The fraction of sp³-hybridized carbons (Fsp3) is 0.158. The summed E-state index contributed by atoms with van der Waals surface area (Å²) in [4.78, 5) is 23.1. The van der Waals surface area contributed by atoms with Crippen LogP contribution in [0.3, 0.4) is 0 Å². The molecule has 0 saturated carbocycles. The van der Waals surface area contributed by atoms with Gasteiger partial charge in [0.25, 0.3) is 11.6 Å². The van der Waals surface area contributed by atoms with E-state index in [4.69, 9.17) is 4.74 Å². The number of carbonyl (C=O) groups is 1. The molecule has 0 spiro atoms. The molecule has 2 aromatic rings. The molecule has 1 amide bonds. The van der Waals surface area contributed by atoms with Crippen LogP contribution in [0.4, 0.5) is 17.1 Å². The Morgan fingerprint density at radius 3 is 2.67 bits per heavy atom. The van der Waals surface area contributed by atoms with Crippen LogP contribution in [0.2, 0.25) is 0 Å². The lowest BCUT2D eigenvalue weighted by Crippen LogP contribution is -2.14. The molecule has 2 N–H and O–H groups in total. The van der Waals surface area contributed by atoms with Crippen molar-refractivity contribution < 1.29 is 14.5 Å². The van der Waals surface area contributed by atoms with E-state index in [2.05, 4.69) is 10.6 Å². The molecule has 0 aliphatic rings. The monoisotopic (exact) mass is 366 g/mol. The van der Waals surface area contributed by atoms with Crippen LogP contribution in [0, 0.1) is 21.4 Å². The molecule has 0 aliphatic carbocycles. The zero-order valence-electron chi connectivity index (χ0n) is 14.9. The van der Waals surface area contributed by atoms with Crippen molar-refractivity contribution in [3.05, 3.63) is 63.7 Å². The minimum atomic E-state index is -0.634. The maximum Gasteiger partial charge on any atom is 0.292 e. The lowest BCUT2D eigenvalue weighted by molar-refractivity contribution is -0.384. The number of rotatable bonds is 7. The number of hydrogen-bond acceptors (Lipinski definition) is 6. The van der Waals surface area contributed by atoms with Crippen LogP contribution >= 0.6 is 0 Å². The van der Waals surface area contributed by atoms with Crippen LogP contribution in [0.5, 0.6) is 5.75 Å². The predicted molar refractivity (Wildman–Crippen MR) is 102 cm³/mol. The number of nitro benzene ring substituents is 1. The molecule has 0 saturated heterocycles. The second-order valence-electron chi connectivity index (χ2n) is 5.34. The highest BCUT2D eigenvalue weighted by molar-refractivity contribution is 6.10. The second kappa shape index (κ2) is 9.01. The van der Waals surface area contributed by atoms with Crippen molar-refractivity contribution in [2.45, 2.75) is 6.92 Å². The fourth-order valence-corrected chi connectivity index (χ4v) is 2.36. The number of para-hydroxylation sites is 2. The highest BCUT2D eigenvalue weighted by atomic mass is 16.6. The van der Waals surface area contributed by atoms with Gasteiger partial charge in [-0.15, -0.1) is 0 Å². The zero-order chi connectivity index (χ0) is 19.8. The van der Waals surface area contributed by atoms with Gasteiger partial charge in [0, 0.05) is 13.1 Å². The van der Waals surface area contributed by atoms with Gasteiger partial charge in [0.15, 0.2) is 0 Å². The molecule has 8 heteroatoms. The number of nitro groups is 1. The van der Waals surface area contributed by atoms with Crippen molar-refractivity contribution in [2.24, 2.45) is 0 Å². The average molecular weight is 366 g/mol. The summed E-state index contributed by atoms with van der Waals surface area (Å²) in [6.45, 7) is 2.25. The highest BCUT2D eigenvalue weighted by Gasteiger charge is 2.15. The number of carbonyl (C=O) groups excluding carboxylic acids is 1. The summed E-state index contributed by atoms with van der Waals surface area (Å²) in [5, 5.41) is 25.8. The first-order valence-electron chi connectivity index (χ1n) is 8.11. The quantitative estimate of drug-likeness (QED) is 0.335. The Morgan fingerprint density at radius 1 is 1.30 bits per heavy atom. The van der Waals surface area contributed by atoms with Crippen molar-refractivity contribution in [3.63, 3.8) is 0 Å². The van der Waals surface area contributed by atoms with Gasteiger partial charge in [-0.2, -0.15) is 5.26 Å². The maximum absolute atomic E-state index is 12.4. The van der Waals surface area contributed by atoms with Crippen LogP contribution in [-0.2, 0) is 4.79 Å². The third-order valence-corrected chi connectivity index (χ3v) is 3.60. The first-order chi connectivity index (χ1) is 13.0. The lowest BCUT2D eigenvalue weighted by atomic mass is 10.1. The summed E-state index contributed by atoms with van der Waals surface area (Å²) < 4.78 is 5.44. The molecule has 0 aliphatic heterocycles. The second-order valence-corrected chi connectivity index (χ2v) is 5.34. The van der Waals surface area contributed by atoms with Crippen molar-refractivity contribution >= 4 is 29.0 Å². The maximum atomic E-state index is 12.4. The van der Waals surface area contributed by atoms with Crippen molar-refractivity contribution in [1.82, 2.24) is 0 Å². The molecule has 0 aromatic heterocycles. The van der Waals surface area contributed by atoms with Gasteiger partial charge in [-0.1, -0.05) is 18.2 Å². The predicted octanol–water partition coefficient (Wildman–Crippen LogP) is 3.58. The van der Waals surface area contributed by atoms with Crippen molar-refractivity contribution in [3.8, 4) is 11.8 Å². The first-order valence-corrected chi connectivity index (χ1v) is 8.11.